The van der Waals surface area contributed by atoms with Crippen LogP contribution in [0.1, 0.15) is 26.1 Å². The van der Waals surface area contributed by atoms with Crippen LogP contribution in [0, 0.1) is 0 Å². The number of para-hydroxylation sites is 2. The number of hydrogen-bond acceptors (Lipinski definition) is 1. The van der Waals surface area contributed by atoms with Gasteiger partial charge in [-0.25, -0.2) is 4.98 Å². The van der Waals surface area contributed by atoms with E-state index in [0.717, 1.165) is 23.3 Å². The zero-order valence-electron chi connectivity index (χ0n) is 10.2. The SMILES string of the molecule is CC1=CC=CCC1(C)c1nc2ccccc2[nH]1. The van der Waals surface area contributed by atoms with E-state index in [4.69, 9.17) is 4.98 Å². The lowest BCUT2D eigenvalue weighted by Crippen LogP contribution is -2.25. The molecule has 0 bridgehead atoms. The topological polar surface area (TPSA) is 28.7 Å². The Bertz CT molecular complexity index is 586. The third-order valence-electron chi connectivity index (χ3n) is 3.79. The molecule has 1 atom stereocenters. The molecule has 0 aliphatic heterocycles. The number of fused-ring (bicyclic) bond motifs is 1. The number of rotatable bonds is 1. The van der Waals surface area contributed by atoms with E-state index < -0.39 is 0 Å². The van der Waals surface area contributed by atoms with Gasteiger partial charge in [-0.15, -0.1) is 0 Å². The van der Waals surface area contributed by atoms with Crippen molar-refractivity contribution in [3.05, 3.63) is 53.9 Å². The highest BCUT2D eigenvalue weighted by molar-refractivity contribution is 5.75. The lowest BCUT2D eigenvalue weighted by atomic mass is 9.76. The molecule has 0 spiro atoms. The van der Waals surface area contributed by atoms with Gasteiger partial charge in [-0.05, 0) is 32.4 Å². The van der Waals surface area contributed by atoms with Crippen LogP contribution in [0.3, 0.4) is 0 Å². The van der Waals surface area contributed by atoms with E-state index in [1.165, 1.54) is 5.57 Å². The van der Waals surface area contributed by atoms with Crippen LogP contribution in [0.15, 0.2) is 48.1 Å². The number of nitrogens with zero attached hydrogens (tertiary/aromatic N) is 1. The quantitative estimate of drug-likeness (QED) is 0.785. The van der Waals surface area contributed by atoms with Crippen molar-refractivity contribution in [1.29, 1.82) is 0 Å². The highest BCUT2D eigenvalue weighted by Gasteiger charge is 2.31. The van der Waals surface area contributed by atoms with Crippen molar-refractivity contribution in [3.8, 4) is 0 Å². The third kappa shape index (κ3) is 1.52. The molecule has 1 N–H and O–H groups in total. The summed E-state index contributed by atoms with van der Waals surface area (Å²) in [5.41, 5.74) is 3.53. The van der Waals surface area contributed by atoms with Crippen LogP contribution in [0.5, 0.6) is 0 Å². The van der Waals surface area contributed by atoms with Crippen LogP contribution in [-0.2, 0) is 5.41 Å². The zero-order valence-corrected chi connectivity index (χ0v) is 10.2. The Hall–Kier alpha value is -1.83. The number of aromatic amines is 1. The van der Waals surface area contributed by atoms with Gasteiger partial charge in [0, 0.05) is 5.41 Å². The van der Waals surface area contributed by atoms with E-state index in [-0.39, 0.29) is 5.41 Å². The average molecular weight is 224 g/mol. The Balaban J connectivity index is 2.15. The second-order valence-corrected chi connectivity index (χ2v) is 4.92. The van der Waals surface area contributed by atoms with Gasteiger partial charge in [0.15, 0.2) is 0 Å². The minimum Gasteiger partial charge on any atom is -0.341 e. The van der Waals surface area contributed by atoms with Gasteiger partial charge in [0.25, 0.3) is 0 Å². The maximum absolute atomic E-state index is 4.73. The van der Waals surface area contributed by atoms with Gasteiger partial charge >= 0.3 is 0 Å². The summed E-state index contributed by atoms with van der Waals surface area (Å²) in [5.74, 6) is 1.07. The summed E-state index contributed by atoms with van der Waals surface area (Å²) in [7, 11) is 0. The van der Waals surface area contributed by atoms with Crippen molar-refractivity contribution in [2.24, 2.45) is 0 Å². The smallest absolute Gasteiger partial charge is 0.117 e. The Kier molecular flexibility index (Phi) is 2.18. The lowest BCUT2D eigenvalue weighted by Gasteiger charge is -2.29. The van der Waals surface area contributed by atoms with Crippen molar-refractivity contribution in [2.75, 3.05) is 0 Å². The predicted octanol–water partition coefficient (Wildman–Crippen LogP) is 3.73. The molecule has 1 heterocycles. The van der Waals surface area contributed by atoms with Gasteiger partial charge < -0.3 is 4.98 Å². The molecular weight excluding hydrogens is 208 g/mol. The number of H-pyrrole nitrogens is 1. The molecule has 0 amide bonds. The number of aromatic nitrogens is 2. The standard InChI is InChI=1S/C15H16N2/c1-11-7-5-6-10-15(11,2)14-16-12-8-3-4-9-13(12)17-14/h3-9H,10H2,1-2H3,(H,16,17). The number of imidazole rings is 1. The van der Waals surface area contributed by atoms with Crippen molar-refractivity contribution in [3.63, 3.8) is 0 Å². The Labute approximate surface area is 101 Å². The molecule has 0 radical (unpaired) electrons. The van der Waals surface area contributed by atoms with E-state index >= 15 is 0 Å². The van der Waals surface area contributed by atoms with Gasteiger partial charge in [0.1, 0.15) is 5.82 Å². The first-order chi connectivity index (χ1) is 8.20. The molecule has 1 unspecified atom stereocenters. The molecule has 2 aromatic rings. The molecule has 0 fully saturated rings. The molecule has 1 aliphatic rings. The summed E-state index contributed by atoms with van der Waals surface area (Å²) in [6, 6.07) is 8.19. The maximum Gasteiger partial charge on any atom is 0.117 e. The molecule has 0 saturated carbocycles. The maximum atomic E-state index is 4.73. The minimum absolute atomic E-state index is 0.00771. The van der Waals surface area contributed by atoms with E-state index in [2.05, 4.69) is 49.2 Å². The van der Waals surface area contributed by atoms with Crippen LogP contribution in [-0.4, -0.2) is 9.97 Å². The number of hydrogen-bond donors (Lipinski definition) is 1. The van der Waals surface area contributed by atoms with Gasteiger partial charge in [-0.2, -0.15) is 0 Å². The monoisotopic (exact) mass is 224 g/mol. The molecule has 17 heavy (non-hydrogen) atoms. The first-order valence-electron chi connectivity index (χ1n) is 5.99. The van der Waals surface area contributed by atoms with E-state index in [9.17, 15) is 0 Å². The number of allylic oxidation sites excluding steroid dienone is 4. The Morgan fingerprint density at radius 3 is 2.88 bits per heavy atom. The molecule has 86 valence electrons. The average Bonchev–Trinajstić information content (AvgIpc) is 2.77. The fraction of sp³-hybridized carbons (Fsp3) is 0.267. The summed E-state index contributed by atoms with van der Waals surface area (Å²) in [6.07, 6.45) is 7.52. The van der Waals surface area contributed by atoms with Crippen LogP contribution < -0.4 is 0 Å². The normalized spacial score (nSPS) is 24.0. The van der Waals surface area contributed by atoms with Crippen molar-refractivity contribution < 1.29 is 0 Å². The van der Waals surface area contributed by atoms with Crippen molar-refractivity contribution >= 4 is 11.0 Å². The van der Waals surface area contributed by atoms with Gasteiger partial charge in [-0.1, -0.05) is 35.9 Å². The Morgan fingerprint density at radius 1 is 1.29 bits per heavy atom. The molecule has 1 aliphatic carbocycles. The molecule has 1 aromatic carbocycles. The zero-order chi connectivity index (χ0) is 11.9. The molecule has 0 saturated heterocycles. The number of nitrogens with one attached hydrogen (secondary N) is 1. The minimum atomic E-state index is 0.00771. The van der Waals surface area contributed by atoms with Crippen LogP contribution in [0.4, 0.5) is 0 Å². The van der Waals surface area contributed by atoms with E-state index in [0.29, 0.717) is 0 Å². The van der Waals surface area contributed by atoms with E-state index in [1.54, 1.807) is 0 Å². The summed E-state index contributed by atoms with van der Waals surface area (Å²) >= 11 is 0. The summed E-state index contributed by atoms with van der Waals surface area (Å²) in [6.45, 7) is 4.43. The van der Waals surface area contributed by atoms with E-state index in [1.807, 2.05) is 12.1 Å². The van der Waals surface area contributed by atoms with Crippen LogP contribution in [0.25, 0.3) is 11.0 Å². The molecule has 1 aromatic heterocycles. The fourth-order valence-corrected chi connectivity index (χ4v) is 2.36. The summed E-state index contributed by atoms with van der Waals surface area (Å²) in [5, 5.41) is 0. The largest absolute Gasteiger partial charge is 0.341 e. The van der Waals surface area contributed by atoms with Crippen molar-refractivity contribution in [1.82, 2.24) is 9.97 Å². The molecular formula is C15H16N2. The third-order valence-corrected chi connectivity index (χ3v) is 3.79. The fourth-order valence-electron chi connectivity index (χ4n) is 2.36. The van der Waals surface area contributed by atoms with Crippen molar-refractivity contribution in [2.45, 2.75) is 25.7 Å². The Morgan fingerprint density at radius 2 is 2.12 bits per heavy atom. The van der Waals surface area contributed by atoms with Crippen LogP contribution in [0.2, 0.25) is 0 Å². The highest BCUT2D eigenvalue weighted by atomic mass is 14.9. The lowest BCUT2D eigenvalue weighted by molar-refractivity contribution is 0.529. The second kappa shape index (κ2) is 3.59. The highest BCUT2D eigenvalue weighted by Crippen LogP contribution is 2.36. The molecule has 3 rings (SSSR count). The van der Waals surface area contributed by atoms with Crippen LogP contribution >= 0.6 is 0 Å². The predicted molar refractivity (Wildman–Crippen MR) is 71.0 cm³/mol. The second-order valence-electron chi connectivity index (χ2n) is 4.92. The summed E-state index contributed by atoms with van der Waals surface area (Å²) in [4.78, 5) is 8.18. The number of benzene rings is 1. The first-order valence-corrected chi connectivity index (χ1v) is 5.99. The molecule has 2 heteroatoms. The first kappa shape index (κ1) is 10.3. The van der Waals surface area contributed by atoms with Gasteiger partial charge in [0.2, 0.25) is 0 Å². The summed E-state index contributed by atoms with van der Waals surface area (Å²) < 4.78 is 0. The molecule has 2 nitrogen and oxygen atoms in total. The van der Waals surface area contributed by atoms with Gasteiger partial charge in [0.05, 0.1) is 11.0 Å². The van der Waals surface area contributed by atoms with Gasteiger partial charge in [-0.3, -0.25) is 0 Å².